The van der Waals surface area contributed by atoms with Crippen LogP contribution in [0.1, 0.15) is 33.0 Å². The lowest BCUT2D eigenvalue weighted by atomic mass is 9.95. The van der Waals surface area contributed by atoms with Gasteiger partial charge in [0.1, 0.15) is 18.3 Å². The molecule has 5 nitrogen and oxygen atoms in total. The number of hydrogen-bond donors (Lipinski definition) is 2. The third kappa shape index (κ3) is 8.80. The van der Waals surface area contributed by atoms with E-state index in [0.29, 0.717) is 12.1 Å². The first kappa shape index (κ1) is 33.3. The molecule has 0 saturated heterocycles. The van der Waals surface area contributed by atoms with Gasteiger partial charge in [-0.05, 0) is 35.9 Å². The molecule has 1 unspecified atom stereocenters. The Morgan fingerprint density at radius 2 is 1.50 bits per heavy atom. The number of carbonyl (C=O) groups excluding carboxylic acids is 2. The zero-order valence-electron chi connectivity index (χ0n) is 19.4. The monoisotopic (exact) mass is 647 g/mol. The lowest BCUT2D eigenvalue weighted by molar-refractivity contribution is -0.140. The van der Waals surface area contributed by atoms with Gasteiger partial charge in [-0.15, -0.1) is 0 Å². The predicted molar refractivity (Wildman–Crippen MR) is 125 cm³/mol. The van der Waals surface area contributed by atoms with E-state index in [-0.39, 0.29) is 22.2 Å². The highest BCUT2D eigenvalue weighted by atomic mass is 35.5. The van der Waals surface area contributed by atoms with Gasteiger partial charge < -0.3 is 5.32 Å². The number of allylic oxidation sites excluding steroid dienone is 1. The van der Waals surface area contributed by atoms with Gasteiger partial charge in [-0.3, -0.25) is 10.2 Å². The molecule has 0 radical (unpaired) electrons. The van der Waals surface area contributed by atoms with Crippen LogP contribution < -0.4 is 10.7 Å². The summed E-state index contributed by atoms with van der Waals surface area (Å²) >= 11 is 17.2. The first-order valence-electron chi connectivity index (χ1n) is 10.3. The maximum Gasteiger partial charge on any atom is 0.417 e. The number of alkyl halides is 9. The maximum atomic E-state index is 14.9. The fraction of sp³-hybridized carbons (Fsp3) is 0.273. The number of halogens is 13. The van der Waals surface area contributed by atoms with E-state index in [9.17, 15) is 53.5 Å². The van der Waals surface area contributed by atoms with Crippen LogP contribution in [-0.2, 0) is 6.18 Å². The molecule has 0 spiro atoms. The van der Waals surface area contributed by atoms with Crippen molar-refractivity contribution in [3.63, 3.8) is 0 Å². The van der Waals surface area contributed by atoms with Crippen molar-refractivity contribution in [1.29, 1.82) is 0 Å². The van der Waals surface area contributed by atoms with Crippen LogP contribution in [0.4, 0.5) is 48.7 Å². The van der Waals surface area contributed by atoms with Crippen LogP contribution in [0.25, 0.3) is 5.83 Å². The molecular formula is C22H14Cl3F10N3O2. The fourth-order valence-electron chi connectivity index (χ4n) is 3.06. The van der Waals surface area contributed by atoms with E-state index < -0.39 is 81.1 Å². The van der Waals surface area contributed by atoms with Crippen molar-refractivity contribution in [2.75, 3.05) is 13.6 Å². The second-order valence-electron chi connectivity index (χ2n) is 7.86. The van der Waals surface area contributed by atoms with Gasteiger partial charge in [-0.25, -0.2) is 14.2 Å². The van der Waals surface area contributed by atoms with Gasteiger partial charge in [0.2, 0.25) is 0 Å². The minimum atomic E-state index is -5.36. The summed E-state index contributed by atoms with van der Waals surface area (Å²) in [5.74, 6) is -6.15. The van der Waals surface area contributed by atoms with Gasteiger partial charge in [-0.2, -0.15) is 39.5 Å². The van der Waals surface area contributed by atoms with Crippen molar-refractivity contribution >= 4 is 52.6 Å². The Morgan fingerprint density at radius 1 is 0.950 bits per heavy atom. The summed E-state index contributed by atoms with van der Waals surface area (Å²) in [4.78, 5) is 24.0. The molecule has 3 amide bonds. The van der Waals surface area contributed by atoms with Crippen LogP contribution in [0.5, 0.6) is 0 Å². The van der Waals surface area contributed by atoms with Gasteiger partial charge in [0.05, 0.1) is 26.2 Å². The summed E-state index contributed by atoms with van der Waals surface area (Å²) < 4.78 is 134. The second-order valence-corrected chi connectivity index (χ2v) is 9.06. The first-order chi connectivity index (χ1) is 18.1. The molecule has 0 aromatic heterocycles. The van der Waals surface area contributed by atoms with Gasteiger partial charge in [-0.1, -0.05) is 40.9 Å². The lowest BCUT2D eigenvalue weighted by Gasteiger charge is -2.21. The maximum absolute atomic E-state index is 14.9. The number of carbonyl (C=O) groups is 2. The van der Waals surface area contributed by atoms with Crippen molar-refractivity contribution in [2.45, 2.75) is 24.4 Å². The molecule has 18 heteroatoms. The molecule has 0 aliphatic heterocycles. The van der Waals surface area contributed by atoms with Crippen molar-refractivity contribution in [3.8, 4) is 0 Å². The highest BCUT2D eigenvalue weighted by molar-refractivity contribution is 6.48. The molecular weight excluding hydrogens is 635 g/mol. The van der Waals surface area contributed by atoms with Crippen LogP contribution in [0.2, 0.25) is 15.1 Å². The average Bonchev–Trinajstić information content (AvgIpc) is 2.81. The topological polar surface area (TPSA) is 61.4 Å². The van der Waals surface area contributed by atoms with E-state index in [0.717, 1.165) is 19.2 Å². The molecule has 0 fully saturated rings. The molecule has 2 N–H and O–H groups in total. The van der Waals surface area contributed by atoms with E-state index >= 15 is 0 Å². The van der Waals surface area contributed by atoms with Gasteiger partial charge in [0.25, 0.3) is 5.91 Å². The summed E-state index contributed by atoms with van der Waals surface area (Å²) in [5, 5.41) is 0.383. The number of amides is 3. The molecule has 2 aromatic carbocycles. The molecule has 0 bridgehead atoms. The zero-order valence-corrected chi connectivity index (χ0v) is 21.7. The number of urea groups is 1. The number of rotatable bonds is 5. The third-order valence-corrected chi connectivity index (χ3v) is 6.09. The molecule has 0 heterocycles. The van der Waals surface area contributed by atoms with Crippen LogP contribution in [-0.4, -0.2) is 42.9 Å². The van der Waals surface area contributed by atoms with Crippen molar-refractivity contribution in [1.82, 2.24) is 15.8 Å². The molecule has 2 rings (SSSR count). The molecule has 220 valence electrons. The third-order valence-electron chi connectivity index (χ3n) is 4.89. The molecule has 0 aliphatic rings. The smallest absolute Gasteiger partial charge is 0.327 e. The van der Waals surface area contributed by atoms with Crippen molar-refractivity contribution in [3.05, 3.63) is 73.7 Å². The number of nitrogens with one attached hydrogen (secondary N) is 2. The average molecular weight is 649 g/mol. The number of hydrazine groups is 1. The number of hydrogen-bond acceptors (Lipinski definition) is 2. The Balaban J connectivity index is 2.45. The second kappa shape index (κ2) is 12.3. The minimum Gasteiger partial charge on any atom is -0.327 e. The highest BCUT2D eigenvalue weighted by Crippen LogP contribution is 2.42. The van der Waals surface area contributed by atoms with E-state index in [4.69, 9.17) is 34.8 Å². The Labute approximate surface area is 233 Å². The number of benzene rings is 2. The largest absolute Gasteiger partial charge is 0.417 e. The van der Waals surface area contributed by atoms with Gasteiger partial charge >= 0.3 is 24.6 Å². The van der Waals surface area contributed by atoms with E-state index in [1.165, 1.54) is 5.32 Å². The summed E-state index contributed by atoms with van der Waals surface area (Å²) in [7, 11) is 0.722. The Kier molecular flexibility index (Phi) is 10.2. The van der Waals surface area contributed by atoms with Crippen molar-refractivity contribution in [2.24, 2.45) is 0 Å². The minimum absolute atomic E-state index is 0.0378. The standard InChI is InChI=1S/C22H14Cl3F10N3O2/c1-38(19(40)36-8-20(27,28)29)37-18(39)11-3-2-9(4-13(11)22(33,34)35)16(26)7-12(21(30,31)32)10-5-14(23)17(25)15(24)6-10/h2-7,12H,8H2,1H3,(H,36,40)(H,37,39)/b16-7-. The molecule has 0 aliphatic carbocycles. The lowest BCUT2D eigenvalue weighted by Crippen LogP contribution is -2.50. The van der Waals surface area contributed by atoms with Gasteiger partial charge in [0.15, 0.2) is 0 Å². The van der Waals surface area contributed by atoms with Crippen molar-refractivity contribution < 1.29 is 53.5 Å². The first-order valence-corrected chi connectivity index (χ1v) is 11.4. The quantitative estimate of drug-likeness (QED) is 0.195. The fourth-order valence-corrected chi connectivity index (χ4v) is 3.67. The van der Waals surface area contributed by atoms with Crippen LogP contribution in [0, 0.1) is 0 Å². The molecule has 1 atom stereocenters. The Morgan fingerprint density at radius 3 is 1.98 bits per heavy atom. The predicted octanol–water partition coefficient (Wildman–Crippen LogP) is 8.17. The van der Waals surface area contributed by atoms with E-state index in [2.05, 4.69) is 0 Å². The van der Waals surface area contributed by atoms with E-state index in [1.54, 1.807) is 5.43 Å². The molecule has 2 aromatic rings. The summed E-state index contributed by atoms with van der Waals surface area (Å²) in [6, 6.07) is 0.946. The zero-order chi connectivity index (χ0) is 30.8. The normalized spacial score (nSPS) is 13.6. The Hall–Kier alpha value is -2.91. The van der Waals surface area contributed by atoms with Gasteiger partial charge in [0, 0.05) is 12.6 Å². The molecule has 40 heavy (non-hydrogen) atoms. The molecule has 0 saturated carbocycles. The SMILES string of the molecule is CN(NC(=O)c1ccc(/C(F)=C/C(c2cc(Cl)c(Cl)c(Cl)c2)C(F)(F)F)cc1C(F)(F)F)C(=O)NCC(F)(F)F. The highest BCUT2D eigenvalue weighted by Gasteiger charge is 2.41. The number of nitrogens with zero attached hydrogens (tertiary/aromatic N) is 1. The summed E-state index contributed by atoms with van der Waals surface area (Å²) in [6.07, 6.45) is -15.4. The van der Waals surface area contributed by atoms with Crippen LogP contribution >= 0.6 is 34.8 Å². The van der Waals surface area contributed by atoms with Crippen LogP contribution in [0.3, 0.4) is 0 Å². The van der Waals surface area contributed by atoms with E-state index in [1.807, 2.05) is 0 Å². The summed E-state index contributed by atoms with van der Waals surface area (Å²) in [6.45, 7) is -1.81. The Bertz CT molecular complexity index is 1290. The summed E-state index contributed by atoms with van der Waals surface area (Å²) in [5.41, 5.74) is -3.13. The van der Waals surface area contributed by atoms with Crippen LogP contribution in [0.15, 0.2) is 36.4 Å².